The van der Waals surface area contributed by atoms with Crippen molar-refractivity contribution in [1.29, 1.82) is 0 Å². The molecule has 0 aliphatic rings. The molecule has 1 heterocycles. The van der Waals surface area contributed by atoms with E-state index in [1.165, 1.54) is 12.1 Å². The molecular weight excluding hydrogens is 253 g/mol. The van der Waals surface area contributed by atoms with Crippen LogP contribution in [0.25, 0.3) is 11.0 Å². The summed E-state index contributed by atoms with van der Waals surface area (Å²) in [4.78, 5) is 0. The summed E-state index contributed by atoms with van der Waals surface area (Å²) < 4.78 is 18.6. The van der Waals surface area contributed by atoms with E-state index in [0.717, 1.165) is 0 Å². The lowest BCUT2D eigenvalue weighted by molar-refractivity contribution is 0.295. The number of nitrogens with zero attached hydrogens (tertiary/aromatic N) is 1. The van der Waals surface area contributed by atoms with Gasteiger partial charge >= 0.3 is 0 Å². The number of hydrogen-bond acceptors (Lipinski definition) is 3. The smallest absolute Gasteiger partial charge is 0.181 e. The molecule has 0 aliphatic carbocycles. The Balaban J connectivity index is 2.66. The Bertz CT molecular complexity index is 469. The predicted molar refractivity (Wildman–Crippen MR) is 52.5 cm³/mol. The van der Waals surface area contributed by atoms with Crippen LogP contribution in [0.4, 0.5) is 4.39 Å². The Morgan fingerprint density at radius 3 is 3.00 bits per heavy atom. The van der Waals surface area contributed by atoms with Crippen LogP contribution < -0.4 is 0 Å². The van der Waals surface area contributed by atoms with Crippen molar-refractivity contribution in [2.24, 2.45) is 0 Å². The number of rotatable bonds is 2. The van der Waals surface area contributed by atoms with Gasteiger partial charge in [0.25, 0.3) is 0 Å². The first-order chi connectivity index (χ1) is 6.72. The summed E-state index contributed by atoms with van der Waals surface area (Å²) >= 11 is 3.18. The van der Waals surface area contributed by atoms with Gasteiger partial charge in [-0.1, -0.05) is 5.16 Å². The normalized spacial score (nSPS) is 11.1. The van der Waals surface area contributed by atoms with E-state index < -0.39 is 0 Å². The monoisotopic (exact) mass is 259 g/mol. The highest BCUT2D eigenvalue weighted by Gasteiger charge is 2.11. The molecule has 1 aromatic carbocycles. The maximum atomic E-state index is 13.0. The average molecular weight is 260 g/mol. The van der Waals surface area contributed by atoms with Crippen molar-refractivity contribution in [3.05, 3.63) is 28.1 Å². The van der Waals surface area contributed by atoms with E-state index in [2.05, 4.69) is 21.1 Å². The molecule has 0 unspecified atom stereocenters. The molecule has 14 heavy (non-hydrogen) atoms. The second-order valence-corrected chi connectivity index (χ2v) is 3.72. The lowest BCUT2D eigenvalue weighted by Gasteiger charge is -1.94. The van der Waals surface area contributed by atoms with E-state index in [-0.39, 0.29) is 12.4 Å². The van der Waals surface area contributed by atoms with Crippen LogP contribution in [0.5, 0.6) is 0 Å². The van der Waals surface area contributed by atoms with Gasteiger partial charge in [0, 0.05) is 18.4 Å². The zero-order chi connectivity index (χ0) is 10.1. The molecule has 0 saturated heterocycles. The summed E-state index contributed by atoms with van der Waals surface area (Å²) in [6.45, 7) is -0.0320. The van der Waals surface area contributed by atoms with Gasteiger partial charge in [-0.3, -0.25) is 0 Å². The van der Waals surface area contributed by atoms with Crippen LogP contribution in [0.15, 0.2) is 21.1 Å². The summed E-state index contributed by atoms with van der Waals surface area (Å²) in [5.74, 6) is -0.355. The number of benzene rings is 1. The number of aromatic nitrogens is 1. The topological polar surface area (TPSA) is 46.3 Å². The van der Waals surface area contributed by atoms with E-state index in [0.29, 0.717) is 27.6 Å². The van der Waals surface area contributed by atoms with E-state index in [1.807, 2.05) is 0 Å². The third-order valence-corrected chi connectivity index (χ3v) is 2.50. The second-order valence-electron chi connectivity index (χ2n) is 2.87. The van der Waals surface area contributed by atoms with Crippen molar-refractivity contribution < 1.29 is 14.0 Å². The van der Waals surface area contributed by atoms with Crippen LogP contribution in [0.3, 0.4) is 0 Å². The largest absolute Gasteiger partial charge is 0.396 e. The SMILES string of the molecule is OCCc1noc2c(Br)cc(F)cc12. The molecule has 2 aromatic rings. The molecule has 2 rings (SSSR count). The summed E-state index contributed by atoms with van der Waals surface area (Å²) in [5.41, 5.74) is 1.08. The van der Waals surface area contributed by atoms with Crippen LogP contribution in [0.2, 0.25) is 0 Å². The lowest BCUT2D eigenvalue weighted by atomic mass is 10.2. The van der Waals surface area contributed by atoms with Crippen LogP contribution in [-0.4, -0.2) is 16.9 Å². The van der Waals surface area contributed by atoms with Gasteiger partial charge in [-0.2, -0.15) is 0 Å². The predicted octanol–water partition coefficient (Wildman–Crippen LogP) is 2.26. The Kier molecular flexibility index (Phi) is 2.52. The van der Waals surface area contributed by atoms with Gasteiger partial charge in [0.2, 0.25) is 0 Å². The zero-order valence-electron chi connectivity index (χ0n) is 7.13. The summed E-state index contributed by atoms with van der Waals surface area (Å²) in [6, 6.07) is 2.66. The Labute approximate surface area is 87.6 Å². The summed E-state index contributed by atoms with van der Waals surface area (Å²) in [5, 5.41) is 13.1. The van der Waals surface area contributed by atoms with Gasteiger partial charge in [0.15, 0.2) is 5.58 Å². The van der Waals surface area contributed by atoms with Crippen LogP contribution in [0.1, 0.15) is 5.69 Å². The molecule has 0 atom stereocenters. The van der Waals surface area contributed by atoms with Gasteiger partial charge in [0.05, 0.1) is 10.2 Å². The molecule has 1 N–H and O–H groups in total. The van der Waals surface area contributed by atoms with Gasteiger partial charge in [0.1, 0.15) is 5.82 Å². The third-order valence-electron chi connectivity index (χ3n) is 1.92. The molecule has 1 aromatic heterocycles. The first kappa shape index (κ1) is 9.61. The highest BCUT2D eigenvalue weighted by molar-refractivity contribution is 9.10. The van der Waals surface area contributed by atoms with Gasteiger partial charge in [-0.25, -0.2) is 4.39 Å². The van der Waals surface area contributed by atoms with E-state index >= 15 is 0 Å². The van der Waals surface area contributed by atoms with E-state index in [1.54, 1.807) is 0 Å². The highest BCUT2D eigenvalue weighted by Crippen LogP contribution is 2.27. The van der Waals surface area contributed by atoms with Gasteiger partial charge in [-0.05, 0) is 28.1 Å². The molecule has 0 amide bonds. The van der Waals surface area contributed by atoms with Crippen molar-refractivity contribution in [3.63, 3.8) is 0 Å². The number of halogens is 2. The zero-order valence-corrected chi connectivity index (χ0v) is 8.71. The molecule has 0 aliphatic heterocycles. The molecule has 0 fully saturated rings. The fourth-order valence-electron chi connectivity index (χ4n) is 1.30. The van der Waals surface area contributed by atoms with Crippen molar-refractivity contribution in [1.82, 2.24) is 5.16 Å². The lowest BCUT2D eigenvalue weighted by Crippen LogP contribution is -1.90. The van der Waals surface area contributed by atoms with Gasteiger partial charge in [-0.15, -0.1) is 0 Å². The number of fused-ring (bicyclic) bond motifs is 1. The van der Waals surface area contributed by atoms with Crippen molar-refractivity contribution in [2.75, 3.05) is 6.61 Å². The first-order valence-electron chi connectivity index (χ1n) is 4.06. The van der Waals surface area contributed by atoms with Crippen LogP contribution in [-0.2, 0) is 6.42 Å². The van der Waals surface area contributed by atoms with Crippen molar-refractivity contribution in [3.8, 4) is 0 Å². The van der Waals surface area contributed by atoms with Crippen molar-refractivity contribution in [2.45, 2.75) is 6.42 Å². The van der Waals surface area contributed by atoms with Crippen molar-refractivity contribution >= 4 is 26.9 Å². The Morgan fingerprint density at radius 2 is 2.29 bits per heavy atom. The van der Waals surface area contributed by atoms with Crippen LogP contribution in [0, 0.1) is 5.82 Å². The fourth-order valence-corrected chi connectivity index (χ4v) is 1.81. The maximum Gasteiger partial charge on any atom is 0.181 e. The third kappa shape index (κ3) is 1.53. The molecular formula is C9H7BrFNO2. The molecule has 0 radical (unpaired) electrons. The van der Waals surface area contributed by atoms with Crippen LogP contribution >= 0.6 is 15.9 Å². The fraction of sp³-hybridized carbons (Fsp3) is 0.222. The minimum absolute atomic E-state index is 0.0320. The first-order valence-corrected chi connectivity index (χ1v) is 4.86. The quantitative estimate of drug-likeness (QED) is 0.900. The molecule has 3 nitrogen and oxygen atoms in total. The number of hydrogen-bond donors (Lipinski definition) is 1. The molecule has 0 spiro atoms. The Hall–Kier alpha value is -0.940. The standard InChI is InChI=1S/C9H7BrFNO2/c10-7-4-5(11)3-6-8(1-2-13)12-14-9(6)7/h3-4,13H,1-2H2. The maximum absolute atomic E-state index is 13.0. The number of aliphatic hydroxyl groups excluding tert-OH is 1. The molecule has 0 bridgehead atoms. The van der Waals surface area contributed by atoms with Gasteiger partial charge < -0.3 is 9.63 Å². The summed E-state index contributed by atoms with van der Waals surface area (Å²) in [6.07, 6.45) is 0.364. The average Bonchev–Trinajstić information content (AvgIpc) is 2.49. The highest BCUT2D eigenvalue weighted by atomic mass is 79.9. The Morgan fingerprint density at radius 1 is 1.50 bits per heavy atom. The van der Waals surface area contributed by atoms with E-state index in [4.69, 9.17) is 9.63 Å². The second kappa shape index (κ2) is 3.67. The summed E-state index contributed by atoms with van der Waals surface area (Å²) in [7, 11) is 0. The number of aliphatic hydroxyl groups is 1. The molecule has 74 valence electrons. The van der Waals surface area contributed by atoms with E-state index in [9.17, 15) is 4.39 Å². The molecule has 5 heteroatoms. The minimum atomic E-state index is -0.355. The molecule has 0 saturated carbocycles. The minimum Gasteiger partial charge on any atom is -0.396 e.